The fourth-order valence-electron chi connectivity index (χ4n) is 2.76. The van der Waals surface area contributed by atoms with Gasteiger partial charge in [0.05, 0.1) is 0 Å². The first-order chi connectivity index (χ1) is 9.80. The Labute approximate surface area is 122 Å². The average molecular weight is 277 g/mol. The van der Waals surface area contributed by atoms with Gasteiger partial charge in [0.25, 0.3) is 0 Å². The summed E-state index contributed by atoms with van der Waals surface area (Å²) in [6.07, 6.45) is 7.85. The Bertz CT molecular complexity index is 434. The van der Waals surface area contributed by atoms with Crippen LogP contribution in [0.4, 0.5) is 5.82 Å². The second-order valence-corrected chi connectivity index (χ2v) is 5.50. The number of hydrogen-bond acceptors (Lipinski definition) is 4. The van der Waals surface area contributed by atoms with Crippen molar-refractivity contribution in [3.05, 3.63) is 17.1 Å². The van der Waals surface area contributed by atoms with E-state index in [0.29, 0.717) is 0 Å². The Morgan fingerprint density at radius 2 is 1.95 bits per heavy atom. The number of methoxy groups -OCH3 is 1. The molecule has 20 heavy (non-hydrogen) atoms. The van der Waals surface area contributed by atoms with Crippen LogP contribution in [0.15, 0.2) is 0 Å². The minimum Gasteiger partial charge on any atom is -0.373 e. The van der Waals surface area contributed by atoms with Gasteiger partial charge in [0.1, 0.15) is 11.9 Å². The highest BCUT2D eigenvalue weighted by Crippen LogP contribution is 2.28. The predicted molar refractivity (Wildman–Crippen MR) is 82.1 cm³/mol. The predicted octanol–water partition coefficient (Wildman–Crippen LogP) is 3.66. The summed E-state index contributed by atoms with van der Waals surface area (Å²) in [5.41, 5.74) is 2.57. The SMILES string of the molecule is CCCNc1nc(C(CCC)OC)nc2c1CCCC2. The Morgan fingerprint density at radius 1 is 1.15 bits per heavy atom. The number of nitrogens with zero attached hydrogens (tertiary/aromatic N) is 2. The van der Waals surface area contributed by atoms with Crippen molar-refractivity contribution < 1.29 is 4.74 Å². The molecule has 0 fully saturated rings. The van der Waals surface area contributed by atoms with E-state index in [-0.39, 0.29) is 6.10 Å². The number of rotatable bonds is 7. The largest absolute Gasteiger partial charge is 0.373 e. The maximum absolute atomic E-state index is 5.57. The molecule has 0 saturated heterocycles. The van der Waals surface area contributed by atoms with Gasteiger partial charge in [-0.05, 0) is 38.5 Å². The molecule has 1 aromatic heterocycles. The van der Waals surface area contributed by atoms with Gasteiger partial charge in [0, 0.05) is 24.9 Å². The van der Waals surface area contributed by atoms with Gasteiger partial charge >= 0.3 is 0 Å². The zero-order valence-corrected chi connectivity index (χ0v) is 13.0. The Hall–Kier alpha value is -1.16. The summed E-state index contributed by atoms with van der Waals surface area (Å²) in [6.45, 7) is 5.31. The van der Waals surface area contributed by atoms with Crippen LogP contribution in [-0.4, -0.2) is 23.6 Å². The van der Waals surface area contributed by atoms with E-state index in [1.807, 2.05) is 0 Å². The quantitative estimate of drug-likeness (QED) is 0.826. The van der Waals surface area contributed by atoms with Crippen molar-refractivity contribution in [2.75, 3.05) is 19.0 Å². The molecule has 0 saturated carbocycles. The average Bonchev–Trinajstić information content (AvgIpc) is 2.50. The van der Waals surface area contributed by atoms with E-state index in [2.05, 4.69) is 19.2 Å². The van der Waals surface area contributed by atoms with Gasteiger partial charge in [-0.15, -0.1) is 0 Å². The number of anilines is 1. The van der Waals surface area contributed by atoms with E-state index in [0.717, 1.165) is 50.3 Å². The molecule has 1 aliphatic carbocycles. The zero-order chi connectivity index (χ0) is 14.4. The van der Waals surface area contributed by atoms with Crippen molar-refractivity contribution in [3.8, 4) is 0 Å². The third kappa shape index (κ3) is 3.48. The van der Waals surface area contributed by atoms with E-state index in [9.17, 15) is 0 Å². The molecular formula is C16H27N3O. The van der Waals surface area contributed by atoms with Crippen LogP contribution in [0.2, 0.25) is 0 Å². The molecule has 1 atom stereocenters. The first-order valence-electron chi connectivity index (χ1n) is 7.96. The first-order valence-corrected chi connectivity index (χ1v) is 7.96. The molecule has 4 heteroatoms. The van der Waals surface area contributed by atoms with Gasteiger partial charge in [0.2, 0.25) is 0 Å². The van der Waals surface area contributed by atoms with Crippen molar-refractivity contribution in [1.29, 1.82) is 0 Å². The lowest BCUT2D eigenvalue weighted by Crippen LogP contribution is -2.17. The summed E-state index contributed by atoms with van der Waals surface area (Å²) in [5, 5.41) is 3.48. The van der Waals surface area contributed by atoms with Gasteiger partial charge in [-0.3, -0.25) is 0 Å². The molecule has 0 radical (unpaired) electrons. The van der Waals surface area contributed by atoms with Crippen LogP contribution < -0.4 is 5.32 Å². The van der Waals surface area contributed by atoms with Crippen molar-refractivity contribution in [2.45, 2.75) is 64.9 Å². The molecule has 112 valence electrons. The standard InChI is InChI=1S/C16H27N3O/c1-4-8-14(20-3)16-18-13-10-7-6-9-12(13)15(19-16)17-11-5-2/h14H,4-11H2,1-3H3,(H,17,18,19). The lowest BCUT2D eigenvalue weighted by atomic mass is 9.96. The number of ether oxygens (including phenoxy) is 1. The van der Waals surface area contributed by atoms with Crippen molar-refractivity contribution in [2.24, 2.45) is 0 Å². The van der Waals surface area contributed by atoms with Crippen LogP contribution >= 0.6 is 0 Å². The lowest BCUT2D eigenvalue weighted by molar-refractivity contribution is 0.0874. The minimum absolute atomic E-state index is 0.0226. The summed E-state index contributed by atoms with van der Waals surface area (Å²) in [7, 11) is 1.75. The van der Waals surface area contributed by atoms with E-state index in [4.69, 9.17) is 14.7 Å². The third-order valence-electron chi connectivity index (χ3n) is 3.87. The van der Waals surface area contributed by atoms with Gasteiger partial charge < -0.3 is 10.1 Å². The number of nitrogens with one attached hydrogen (secondary N) is 1. The molecule has 1 N–H and O–H groups in total. The summed E-state index contributed by atoms with van der Waals surface area (Å²) >= 11 is 0. The number of aryl methyl sites for hydroxylation is 1. The highest BCUT2D eigenvalue weighted by Gasteiger charge is 2.21. The van der Waals surface area contributed by atoms with Crippen LogP contribution in [-0.2, 0) is 17.6 Å². The molecule has 0 aromatic carbocycles. The fourth-order valence-corrected chi connectivity index (χ4v) is 2.76. The number of fused-ring (bicyclic) bond motifs is 1. The molecule has 0 spiro atoms. The summed E-state index contributed by atoms with van der Waals surface area (Å²) in [5.74, 6) is 1.90. The Balaban J connectivity index is 2.32. The first kappa shape index (κ1) is 15.2. The normalized spacial score (nSPS) is 15.8. The van der Waals surface area contributed by atoms with E-state index >= 15 is 0 Å². The van der Waals surface area contributed by atoms with Crippen LogP contribution in [0.1, 0.15) is 69.1 Å². The van der Waals surface area contributed by atoms with Crippen LogP contribution in [0.3, 0.4) is 0 Å². The molecule has 4 nitrogen and oxygen atoms in total. The molecule has 0 amide bonds. The maximum atomic E-state index is 5.57. The second-order valence-electron chi connectivity index (χ2n) is 5.50. The van der Waals surface area contributed by atoms with Crippen molar-refractivity contribution in [3.63, 3.8) is 0 Å². The zero-order valence-electron chi connectivity index (χ0n) is 13.0. The molecule has 2 rings (SSSR count). The summed E-state index contributed by atoms with van der Waals surface area (Å²) < 4.78 is 5.57. The molecular weight excluding hydrogens is 250 g/mol. The number of aromatic nitrogens is 2. The molecule has 1 aliphatic rings. The summed E-state index contributed by atoms with van der Waals surface area (Å²) in [6, 6.07) is 0. The van der Waals surface area contributed by atoms with Gasteiger partial charge in [0.15, 0.2) is 5.82 Å². The highest BCUT2D eigenvalue weighted by atomic mass is 16.5. The van der Waals surface area contributed by atoms with Gasteiger partial charge in [-0.1, -0.05) is 20.3 Å². The molecule has 1 unspecified atom stereocenters. The van der Waals surface area contributed by atoms with Gasteiger partial charge in [-0.25, -0.2) is 9.97 Å². The minimum atomic E-state index is 0.0226. The Kier molecular flexibility index (Phi) is 5.77. The van der Waals surface area contributed by atoms with Crippen LogP contribution in [0, 0.1) is 0 Å². The van der Waals surface area contributed by atoms with Crippen LogP contribution in [0.5, 0.6) is 0 Å². The van der Waals surface area contributed by atoms with E-state index < -0.39 is 0 Å². The van der Waals surface area contributed by atoms with E-state index in [1.165, 1.54) is 24.1 Å². The lowest BCUT2D eigenvalue weighted by Gasteiger charge is -2.22. The smallest absolute Gasteiger partial charge is 0.159 e. The maximum Gasteiger partial charge on any atom is 0.159 e. The number of hydrogen-bond donors (Lipinski definition) is 1. The van der Waals surface area contributed by atoms with Crippen molar-refractivity contribution in [1.82, 2.24) is 9.97 Å². The third-order valence-corrected chi connectivity index (χ3v) is 3.87. The topological polar surface area (TPSA) is 47.0 Å². The monoisotopic (exact) mass is 277 g/mol. The highest BCUT2D eigenvalue weighted by molar-refractivity contribution is 5.48. The summed E-state index contributed by atoms with van der Waals surface area (Å²) in [4.78, 5) is 9.56. The fraction of sp³-hybridized carbons (Fsp3) is 0.750. The van der Waals surface area contributed by atoms with Gasteiger partial charge in [-0.2, -0.15) is 0 Å². The Morgan fingerprint density at radius 3 is 2.65 bits per heavy atom. The molecule has 0 bridgehead atoms. The molecule has 1 aromatic rings. The van der Waals surface area contributed by atoms with Crippen molar-refractivity contribution >= 4 is 5.82 Å². The van der Waals surface area contributed by atoms with Crippen LogP contribution in [0.25, 0.3) is 0 Å². The molecule has 0 aliphatic heterocycles. The molecule has 1 heterocycles. The second kappa shape index (κ2) is 7.58. The van der Waals surface area contributed by atoms with E-state index in [1.54, 1.807) is 7.11 Å².